The quantitative estimate of drug-likeness (QED) is 0.637. The van der Waals surface area contributed by atoms with Crippen molar-refractivity contribution in [2.75, 3.05) is 11.9 Å². The van der Waals surface area contributed by atoms with Gasteiger partial charge in [-0.25, -0.2) is 4.79 Å². The minimum atomic E-state index is -1.24. The molecule has 6 nitrogen and oxygen atoms in total. The maximum atomic E-state index is 11.4. The van der Waals surface area contributed by atoms with E-state index in [2.05, 4.69) is 13.8 Å². The number of nitrogens with zero attached hydrogens (tertiary/aromatic N) is 2. The number of aromatic carboxylic acids is 1. The molecule has 0 saturated carbocycles. The largest absolute Gasteiger partial charge is 0.478 e. The molecule has 1 aromatic carbocycles. The number of hydrogen-bond donors (Lipinski definition) is 1. The molecule has 7 heteroatoms. The summed E-state index contributed by atoms with van der Waals surface area (Å²) in [6, 6.07) is 2.28. The van der Waals surface area contributed by atoms with Crippen molar-refractivity contribution in [2.45, 2.75) is 33.2 Å². The van der Waals surface area contributed by atoms with Gasteiger partial charge in [-0.05, 0) is 19.3 Å². The van der Waals surface area contributed by atoms with Gasteiger partial charge < -0.3 is 10.0 Å². The highest BCUT2D eigenvalue weighted by molar-refractivity contribution is 6.34. The van der Waals surface area contributed by atoms with Crippen LogP contribution in [0, 0.1) is 16.0 Å². The van der Waals surface area contributed by atoms with Gasteiger partial charge in [-0.15, -0.1) is 0 Å². The van der Waals surface area contributed by atoms with E-state index in [1.54, 1.807) is 11.9 Å². The average molecular weight is 315 g/mol. The number of hydrogen-bond acceptors (Lipinski definition) is 4. The van der Waals surface area contributed by atoms with Gasteiger partial charge >= 0.3 is 5.97 Å². The Bertz CT molecular complexity index is 560. The molecular weight excluding hydrogens is 296 g/mol. The van der Waals surface area contributed by atoms with E-state index in [0.29, 0.717) is 11.6 Å². The lowest BCUT2D eigenvalue weighted by atomic mass is 10.0. The molecule has 21 heavy (non-hydrogen) atoms. The van der Waals surface area contributed by atoms with Crippen LogP contribution in [0.2, 0.25) is 5.02 Å². The molecule has 1 N–H and O–H groups in total. The van der Waals surface area contributed by atoms with Gasteiger partial charge in [-0.2, -0.15) is 0 Å². The fourth-order valence-electron chi connectivity index (χ4n) is 2.27. The highest BCUT2D eigenvalue weighted by atomic mass is 35.5. The lowest BCUT2D eigenvalue weighted by Crippen LogP contribution is -2.31. The van der Waals surface area contributed by atoms with E-state index in [1.807, 2.05) is 6.92 Å². The Hall–Kier alpha value is -1.82. The van der Waals surface area contributed by atoms with Crippen molar-refractivity contribution in [3.8, 4) is 0 Å². The van der Waals surface area contributed by atoms with E-state index >= 15 is 0 Å². The van der Waals surface area contributed by atoms with Gasteiger partial charge in [0.2, 0.25) is 0 Å². The number of carboxylic acid groups (broad SMARTS) is 1. The Morgan fingerprint density at radius 2 is 2.00 bits per heavy atom. The van der Waals surface area contributed by atoms with Crippen LogP contribution in [0.3, 0.4) is 0 Å². The molecule has 0 aliphatic carbocycles. The fraction of sp³-hybridized carbons (Fsp3) is 0.500. The predicted octanol–water partition coefficient (Wildman–Crippen LogP) is 3.82. The minimum Gasteiger partial charge on any atom is -0.478 e. The number of carbonyl (C=O) groups is 1. The monoisotopic (exact) mass is 314 g/mol. The Morgan fingerprint density at radius 3 is 2.43 bits per heavy atom. The predicted molar refractivity (Wildman–Crippen MR) is 82.4 cm³/mol. The van der Waals surface area contributed by atoms with Crippen molar-refractivity contribution in [1.82, 2.24) is 0 Å². The summed E-state index contributed by atoms with van der Waals surface area (Å²) in [4.78, 5) is 23.3. The summed E-state index contributed by atoms with van der Waals surface area (Å²) < 4.78 is 0. The van der Waals surface area contributed by atoms with Crippen molar-refractivity contribution in [3.63, 3.8) is 0 Å². The van der Waals surface area contributed by atoms with Crippen LogP contribution in [0.1, 0.15) is 37.6 Å². The third-order valence-electron chi connectivity index (χ3n) is 3.32. The van der Waals surface area contributed by atoms with Gasteiger partial charge in [0.05, 0.1) is 21.2 Å². The zero-order valence-corrected chi connectivity index (χ0v) is 13.2. The minimum absolute atomic E-state index is 0.0575. The lowest BCUT2D eigenvalue weighted by molar-refractivity contribution is -0.384. The lowest BCUT2D eigenvalue weighted by Gasteiger charge is -2.30. The normalized spacial score (nSPS) is 12.3. The van der Waals surface area contributed by atoms with Gasteiger partial charge in [0.25, 0.3) is 5.69 Å². The van der Waals surface area contributed by atoms with Crippen LogP contribution < -0.4 is 4.90 Å². The molecule has 0 spiro atoms. The molecule has 0 fully saturated rings. The van der Waals surface area contributed by atoms with Crippen molar-refractivity contribution >= 4 is 28.9 Å². The number of anilines is 1. The van der Waals surface area contributed by atoms with Gasteiger partial charge in [0, 0.05) is 25.2 Å². The number of carboxylic acids is 1. The summed E-state index contributed by atoms with van der Waals surface area (Å²) in [5.41, 5.74) is -0.179. The molecule has 0 saturated heterocycles. The molecule has 1 aromatic rings. The number of rotatable bonds is 6. The van der Waals surface area contributed by atoms with E-state index < -0.39 is 10.9 Å². The second-order valence-corrected chi connectivity index (χ2v) is 5.88. The summed E-state index contributed by atoms with van der Waals surface area (Å²) in [6.45, 7) is 6.10. The molecule has 0 aromatic heterocycles. The molecule has 1 atom stereocenters. The van der Waals surface area contributed by atoms with Crippen LogP contribution in [0.5, 0.6) is 0 Å². The molecular formula is C14H19ClN2O4. The molecule has 0 heterocycles. The number of benzene rings is 1. The second kappa shape index (κ2) is 6.76. The molecule has 0 radical (unpaired) electrons. The van der Waals surface area contributed by atoms with Crippen LogP contribution in [0.25, 0.3) is 0 Å². The summed E-state index contributed by atoms with van der Waals surface area (Å²) in [5, 5.41) is 20.2. The van der Waals surface area contributed by atoms with E-state index in [0.717, 1.165) is 12.5 Å². The third-order valence-corrected chi connectivity index (χ3v) is 3.60. The first-order valence-electron chi connectivity index (χ1n) is 6.59. The van der Waals surface area contributed by atoms with Crippen molar-refractivity contribution in [2.24, 2.45) is 5.92 Å². The van der Waals surface area contributed by atoms with E-state index in [4.69, 9.17) is 11.6 Å². The maximum Gasteiger partial charge on any atom is 0.338 e. The zero-order valence-electron chi connectivity index (χ0n) is 12.5. The zero-order chi connectivity index (χ0) is 16.3. The van der Waals surface area contributed by atoms with E-state index in [-0.39, 0.29) is 22.3 Å². The van der Waals surface area contributed by atoms with Gasteiger partial charge in [-0.3, -0.25) is 10.1 Å². The Kier molecular flexibility index (Phi) is 5.54. The van der Waals surface area contributed by atoms with Gasteiger partial charge in [0.15, 0.2) is 0 Å². The van der Waals surface area contributed by atoms with Crippen LogP contribution in [0.15, 0.2) is 12.1 Å². The highest BCUT2D eigenvalue weighted by Gasteiger charge is 2.24. The standard InChI is InChI=1S/C14H19ClN2O4/c1-8(2)5-9(3)16(4)13-11(14(18)19)6-10(17(20)21)7-12(13)15/h6-9H,5H2,1-4H3,(H,18,19). The van der Waals surface area contributed by atoms with Crippen molar-refractivity contribution in [3.05, 3.63) is 32.8 Å². The number of non-ortho nitro benzene ring substituents is 1. The van der Waals surface area contributed by atoms with Crippen molar-refractivity contribution < 1.29 is 14.8 Å². The molecule has 0 bridgehead atoms. The van der Waals surface area contributed by atoms with E-state index in [9.17, 15) is 20.0 Å². The summed E-state index contributed by atoms with van der Waals surface area (Å²) in [5.74, 6) is -0.799. The van der Waals surface area contributed by atoms with Crippen LogP contribution in [-0.2, 0) is 0 Å². The Morgan fingerprint density at radius 1 is 1.43 bits per heavy atom. The smallest absolute Gasteiger partial charge is 0.338 e. The highest BCUT2D eigenvalue weighted by Crippen LogP contribution is 2.35. The fourth-order valence-corrected chi connectivity index (χ4v) is 2.62. The molecule has 0 aliphatic rings. The van der Waals surface area contributed by atoms with Crippen LogP contribution in [0.4, 0.5) is 11.4 Å². The summed E-state index contributed by atoms with van der Waals surface area (Å²) in [7, 11) is 1.74. The second-order valence-electron chi connectivity index (χ2n) is 5.48. The maximum absolute atomic E-state index is 11.4. The Labute approximate surface area is 128 Å². The molecule has 116 valence electrons. The third kappa shape index (κ3) is 4.07. The molecule has 0 aliphatic heterocycles. The van der Waals surface area contributed by atoms with E-state index in [1.165, 1.54) is 6.07 Å². The summed E-state index contributed by atoms with van der Waals surface area (Å²) in [6.07, 6.45) is 0.850. The SMILES string of the molecule is CC(C)CC(C)N(C)c1c(Cl)cc([N+](=O)[O-])cc1C(=O)O. The first-order valence-corrected chi connectivity index (χ1v) is 6.97. The number of nitro benzene ring substituents is 1. The molecule has 1 unspecified atom stereocenters. The number of nitro groups is 1. The van der Waals surface area contributed by atoms with Gasteiger partial charge in [0.1, 0.15) is 0 Å². The average Bonchev–Trinajstić information content (AvgIpc) is 2.35. The summed E-state index contributed by atoms with van der Waals surface area (Å²) >= 11 is 6.09. The first-order chi connectivity index (χ1) is 9.65. The van der Waals surface area contributed by atoms with Crippen molar-refractivity contribution in [1.29, 1.82) is 0 Å². The first kappa shape index (κ1) is 17.2. The Balaban J connectivity index is 3.34. The van der Waals surface area contributed by atoms with Crippen LogP contribution in [-0.4, -0.2) is 29.1 Å². The number of halogens is 1. The topological polar surface area (TPSA) is 83.7 Å². The van der Waals surface area contributed by atoms with Gasteiger partial charge in [-0.1, -0.05) is 25.4 Å². The van der Waals surface area contributed by atoms with Crippen LogP contribution >= 0.6 is 11.6 Å². The molecule has 1 rings (SSSR count). The molecule has 0 amide bonds.